The van der Waals surface area contributed by atoms with Crippen molar-refractivity contribution < 1.29 is 55.1 Å². The van der Waals surface area contributed by atoms with Crippen LogP contribution in [0.3, 0.4) is 0 Å². The van der Waals surface area contributed by atoms with Gasteiger partial charge in [-0.2, -0.15) is 0 Å². The van der Waals surface area contributed by atoms with Crippen LogP contribution in [0, 0.1) is 0 Å². The maximum absolute atomic E-state index is 12.3. The van der Waals surface area contributed by atoms with E-state index in [1.807, 2.05) is 27.9 Å². The molecule has 0 spiro atoms. The van der Waals surface area contributed by atoms with Crippen LogP contribution in [0.1, 0.15) is 26.7 Å². The van der Waals surface area contributed by atoms with Crippen molar-refractivity contribution in [2.24, 2.45) is 4.99 Å². The molecule has 0 aliphatic carbocycles. The molecule has 0 bridgehead atoms. The second-order valence-corrected chi connectivity index (χ2v) is 17.1. The summed E-state index contributed by atoms with van der Waals surface area (Å²) in [7, 11) is 15.4. The highest BCUT2D eigenvalue weighted by Gasteiger charge is 2.37. The van der Waals surface area contributed by atoms with Gasteiger partial charge >= 0.3 is 23.6 Å². The Morgan fingerprint density at radius 2 is 1.04 bits per heavy atom. The minimum absolute atomic E-state index is 0.0436. The summed E-state index contributed by atoms with van der Waals surface area (Å²) < 4.78 is 52.6. The Morgan fingerprint density at radius 1 is 0.646 bits per heavy atom. The lowest BCUT2D eigenvalue weighted by atomic mass is 10.4. The van der Waals surface area contributed by atoms with Crippen molar-refractivity contribution in [1.29, 1.82) is 0 Å². The third-order valence-electron chi connectivity index (χ3n) is 7.08. The normalized spacial score (nSPS) is 12.6. The third-order valence-corrected chi connectivity index (χ3v) is 12.7. The molecule has 0 radical (unpaired) electrons. The maximum atomic E-state index is 12.3. The van der Waals surface area contributed by atoms with E-state index in [9.17, 15) is 9.59 Å². The van der Waals surface area contributed by atoms with E-state index < -0.39 is 17.6 Å². The molecule has 0 saturated carbocycles. The number of aliphatic imine (C=N–C) groups is 1. The largest absolute Gasteiger partial charge is 0.500 e. The summed E-state index contributed by atoms with van der Waals surface area (Å²) in [5.41, 5.74) is 0. The van der Waals surface area contributed by atoms with Gasteiger partial charge in [-0.3, -0.25) is 0 Å². The number of isocyanates is 1. The smallest absolute Gasteiger partial charge is 0.379 e. The molecule has 2 amide bonds. The predicted octanol–water partition coefficient (Wildman–Crippen LogP) is 2.48. The van der Waals surface area contributed by atoms with Gasteiger partial charge in [-0.15, -0.1) is 0 Å². The highest BCUT2D eigenvalue weighted by molar-refractivity contribution is 6.60. The minimum atomic E-state index is -2.57. The monoisotopic (exact) mass is 732 g/mol. The lowest BCUT2D eigenvalue weighted by Crippen LogP contribution is -2.44. The van der Waals surface area contributed by atoms with Gasteiger partial charge in [0.15, 0.2) is 0 Å². The van der Waals surface area contributed by atoms with Gasteiger partial charge in [0, 0.05) is 103 Å². The number of carbonyl (C=O) groups excluding carboxylic acids is 2. The summed E-state index contributed by atoms with van der Waals surface area (Å²) in [6.45, 7) is 8.95. The zero-order chi connectivity index (χ0) is 37.4. The van der Waals surface area contributed by atoms with E-state index in [1.165, 1.54) is 6.08 Å². The first-order valence-corrected chi connectivity index (χ1v) is 19.8. The molecule has 288 valence electrons. The number of methoxy groups -OCH3 is 2. The van der Waals surface area contributed by atoms with E-state index in [0.29, 0.717) is 58.0 Å². The number of amides is 2. The quantitative estimate of drug-likeness (QED) is 0.0556. The van der Waals surface area contributed by atoms with Gasteiger partial charge in [-0.25, -0.2) is 14.6 Å². The number of urea groups is 1. The molecule has 48 heavy (non-hydrogen) atoms. The Bertz CT molecular complexity index is 776. The van der Waals surface area contributed by atoms with E-state index in [0.717, 1.165) is 19.6 Å². The van der Waals surface area contributed by atoms with Crippen LogP contribution in [0.5, 0.6) is 0 Å². The SMILES string of the molecule is COC(C)COCCN(C)C.COC(C)COCCN(C)C(=O)N(C)CCC[Si](OC)(OC)OC.CO[Si](CCCN=C=O)(OC)OC. The number of carbonyl (C=O) groups is 1. The van der Waals surface area contributed by atoms with Gasteiger partial charge in [0.25, 0.3) is 0 Å². The number of ether oxygens (including phenoxy) is 4. The number of nitrogens with zero attached hydrogens (tertiary/aromatic N) is 4. The van der Waals surface area contributed by atoms with Gasteiger partial charge in [-0.05, 0) is 40.8 Å². The van der Waals surface area contributed by atoms with Crippen molar-refractivity contribution >= 4 is 29.7 Å². The minimum Gasteiger partial charge on any atom is -0.379 e. The summed E-state index contributed by atoms with van der Waals surface area (Å²) >= 11 is 0. The van der Waals surface area contributed by atoms with Crippen LogP contribution in [-0.4, -0.2) is 194 Å². The van der Waals surface area contributed by atoms with Crippen LogP contribution < -0.4 is 0 Å². The topological polar surface area (TPSA) is 149 Å². The first-order valence-electron chi connectivity index (χ1n) is 15.9. The predicted molar refractivity (Wildman–Crippen MR) is 189 cm³/mol. The van der Waals surface area contributed by atoms with E-state index in [4.69, 9.17) is 45.5 Å². The van der Waals surface area contributed by atoms with Crippen LogP contribution in [0.25, 0.3) is 0 Å². The molecular formula is C30H68N4O12Si2. The Morgan fingerprint density at radius 3 is 1.42 bits per heavy atom. The Balaban J connectivity index is -0.000000707. The zero-order valence-electron chi connectivity index (χ0n) is 32.3. The Kier molecular flexibility index (Phi) is 34.9. The van der Waals surface area contributed by atoms with Gasteiger partial charge in [-0.1, -0.05) is 0 Å². The van der Waals surface area contributed by atoms with Crippen molar-refractivity contribution in [3.05, 3.63) is 0 Å². The molecule has 0 aromatic rings. The first-order chi connectivity index (χ1) is 22.8. The average Bonchev–Trinajstić information content (AvgIpc) is 3.10. The van der Waals surface area contributed by atoms with Crippen molar-refractivity contribution in [3.63, 3.8) is 0 Å². The molecule has 0 aromatic heterocycles. The molecule has 18 heteroatoms. The van der Waals surface area contributed by atoms with E-state index in [1.54, 1.807) is 80.8 Å². The van der Waals surface area contributed by atoms with Crippen molar-refractivity contribution in [2.75, 3.05) is 138 Å². The molecule has 0 aliphatic rings. The van der Waals surface area contributed by atoms with Crippen molar-refractivity contribution in [3.8, 4) is 0 Å². The third kappa shape index (κ3) is 26.5. The summed E-state index contributed by atoms with van der Waals surface area (Å²) in [5.74, 6) is 0. The van der Waals surface area contributed by atoms with Crippen molar-refractivity contribution in [1.82, 2.24) is 14.7 Å². The number of likely N-dealkylation sites (N-methyl/N-ethyl adjacent to an activating group) is 2. The summed E-state index contributed by atoms with van der Waals surface area (Å²) in [6, 6.07) is 1.27. The van der Waals surface area contributed by atoms with Crippen molar-refractivity contribution in [2.45, 2.75) is 51.0 Å². The standard InChI is InChI=1S/C15H34N2O6Si.C8H19NO2.C7H15NO4Si/c1-14(19-4)13-23-11-10-17(3)15(18)16(2)9-8-12-24(20-5,21-6)22-7;1-8(10-4)7-11-6-5-9(2)3;1-10-13(11-2,12-3)6-4-5-8-7-9/h14H,8-13H2,1-7H3;8H,5-7H2,1-4H3;4-6H2,1-3H3. The lowest BCUT2D eigenvalue weighted by molar-refractivity contribution is 0.0145. The highest BCUT2D eigenvalue weighted by atomic mass is 28.4. The molecule has 16 nitrogen and oxygen atoms in total. The van der Waals surface area contributed by atoms with E-state index in [2.05, 4.69) is 9.89 Å². The highest BCUT2D eigenvalue weighted by Crippen LogP contribution is 2.16. The molecule has 2 atom stereocenters. The Labute approximate surface area is 292 Å². The zero-order valence-corrected chi connectivity index (χ0v) is 34.3. The van der Waals surface area contributed by atoms with Crippen LogP contribution in [-0.2, 0) is 50.3 Å². The van der Waals surface area contributed by atoms with Crippen LogP contribution >= 0.6 is 0 Å². The molecule has 2 unspecified atom stereocenters. The fourth-order valence-corrected chi connectivity index (χ4v) is 7.04. The van der Waals surface area contributed by atoms with Gasteiger partial charge in [0.05, 0.1) is 45.2 Å². The summed E-state index contributed by atoms with van der Waals surface area (Å²) in [6.07, 6.45) is 3.19. The molecule has 0 aromatic carbocycles. The van der Waals surface area contributed by atoms with E-state index in [-0.39, 0.29) is 18.2 Å². The fraction of sp³-hybridized carbons (Fsp3) is 0.933. The van der Waals surface area contributed by atoms with Crippen LogP contribution in [0.15, 0.2) is 4.99 Å². The molecule has 0 heterocycles. The Hall–Kier alpha value is -1.36. The molecule has 0 N–H and O–H groups in total. The number of rotatable bonds is 26. The van der Waals surface area contributed by atoms with Gasteiger partial charge in [0.1, 0.15) is 0 Å². The van der Waals surface area contributed by atoms with Gasteiger partial charge < -0.3 is 60.2 Å². The van der Waals surface area contributed by atoms with Gasteiger partial charge in [0.2, 0.25) is 6.08 Å². The fourth-order valence-electron chi connectivity index (χ4n) is 3.63. The van der Waals surface area contributed by atoms with E-state index >= 15 is 0 Å². The summed E-state index contributed by atoms with van der Waals surface area (Å²) in [4.78, 5) is 30.9. The maximum Gasteiger partial charge on any atom is 0.500 e. The average molecular weight is 733 g/mol. The second-order valence-electron chi connectivity index (χ2n) is 10.9. The molecule has 0 saturated heterocycles. The molecule has 0 fully saturated rings. The van der Waals surface area contributed by atoms with Crippen LogP contribution in [0.4, 0.5) is 4.79 Å². The molecule has 0 rings (SSSR count). The number of hydrogen-bond donors (Lipinski definition) is 0. The molecule has 0 aliphatic heterocycles. The van der Waals surface area contributed by atoms with Crippen LogP contribution in [0.2, 0.25) is 12.1 Å². The lowest BCUT2D eigenvalue weighted by Gasteiger charge is -2.27. The second kappa shape index (κ2) is 32.8. The summed E-state index contributed by atoms with van der Waals surface area (Å²) in [5, 5.41) is 0. The first kappa shape index (κ1) is 51.0. The number of hydrogen-bond acceptors (Lipinski definition) is 14. The molecular weight excluding hydrogens is 665 g/mol.